The largest absolute Gasteiger partial charge is 0.372 e. The number of piperidine rings is 1. The van der Waals surface area contributed by atoms with Crippen LogP contribution < -0.4 is 10.2 Å². The Kier molecular flexibility index (Phi) is 7.09. The summed E-state index contributed by atoms with van der Waals surface area (Å²) in [6.45, 7) is 2.74. The van der Waals surface area contributed by atoms with Gasteiger partial charge in [-0.25, -0.2) is 0 Å². The van der Waals surface area contributed by atoms with Gasteiger partial charge in [-0.1, -0.05) is 34.1 Å². The average molecular weight is 444 g/mol. The van der Waals surface area contributed by atoms with Crippen LogP contribution >= 0.6 is 15.9 Å². The molecule has 0 unspecified atom stereocenters. The van der Waals surface area contributed by atoms with Gasteiger partial charge in [0.25, 0.3) is 5.91 Å². The van der Waals surface area contributed by atoms with Gasteiger partial charge < -0.3 is 15.1 Å². The van der Waals surface area contributed by atoms with Gasteiger partial charge in [0, 0.05) is 42.4 Å². The van der Waals surface area contributed by atoms with E-state index in [-0.39, 0.29) is 18.4 Å². The zero-order valence-corrected chi connectivity index (χ0v) is 17.7. The Hall–Kier alpha value is -2.34. The number of hydrogen-bond donors (Lipinski definition) is 1. The Morgan fingerprint density at radius 2 is 1.79 bits per heavy atom. The zero-order chi connectivity index (χ0) is 19.9. The molecule has 0 spiro atoms. The average Bonchev–Trinajstić information content (AvgIpc) is 2.73. The number of benzene rings is 2. The van der Waals surface area contributed by atoms with Crippen LogP contribution in [0.1, 0.15) is 35.2 Å². The minimum Gasteiger partial charge on any atom is -0.372 e. The highest BCUT2D eigenvalue weighted by molar-refractivity contribution is 9.10. The van der Waals surface area contributed by atoms with Crippen molar-refractivity contribution in [2.75, 3.05) is 31.6 Å². The fourth-order valence-electron chi connectivity index (χ4n) is 3.35. The molecule has 1 aliphatic rings. The predicted molar refractivity (Wildman–Crippen MR) is 115 cm³/mol. The number of anilines is 1. The molecule has 0 atom stereocenters. The van der Waals surface area contributed by atoms with Gasteiger partial charge in [0.1, 0.15) is 0 Å². The van der Waals surface area contributed by atoms with Crippen molar-refractivity contribution >= 4 is 33.4 Å². The molecule has 3 rings (SSSR count). The van der Waals surface area contributed by atoms with E-state index in [4.69, 9.17) is 0 Å². The van der Waals surface area contributed by atoms with E-state index in [1.807, 2.05) is 6.07 Å². The van der Waals surface area contributed by atoms with E-state index >= 15 is 0 Å². The number of carbonyl (C=O) groups excluding carboxylic acids is 2. The summed E-state index contributed by atoms with van der Waals surface area (Å²) in [4.78, 5) is 28.6. The minimum atomic E-state index is -0.256. The van der Waals surface area contributed by atoms with Crippen LogP contribution in [0.25, 0.3) is 0 Å². The summed E-state index contributed by atoms with van der Waals surface area (Å²) in [6.07, 6.45) is 3.83. The monoisotopic (exact) mass is 443 g/mol. The van der Waals surface area contributed by atoms with E-state index < -0.39 is 0 Å². The number of hydrogen-bond acceptors (Lipinski definition) is 3. The first kappa shape index (κ1) is 20.4. The number of nitrogens with one attached hydrogen (secondary N) is 1. The summed E-state index contributed by atoms with van der Waals surface area (Å²) in [6, 6.07) is 15.5. The molecule has 1 N–H and O–H groups in total. The Bertz CT molecular complexity index is 817. The second-order valence-corrected chi connectivity index (χ2v) is 8.07. The topological polar surface area (TPSA) is 52.6 Å². The van der Waals surface area contributed by atoms with Crippen LogP contribution in [-0.4, -0.2) is 43.4 Å². The summed E-state index contributed by atoms with van der Waals surface area (Å²) in [5.74, 6) is -0.377. The van der Waals surface area contributed by atoms with Crippen LogP contribution in [0.2, 0.25) is 0 Å². The van der Waals surface area contributed by atoms with Crippen molar-refractivity contribution in [3.05, 3.63) is 64.1 Å². The van der Waals surface area contributed by atoms with Crippen LogP contribution in [0, 0.1) is 0 Å². The van der Waals surface area contributed by atoms with Crippen molar-refractivity contribution in [3.8, 4) is 0 Å². The molecule has 0 bridgehead atoms. The van der Waals surface area contributed by atoms with E-state index in [0.717, 1.165) is 23.1 Å². The Morgan fingerprint density at radius 3 is 2.46 bits per heavy atom. The van der Waals surface area contributed by atoms with E-state index in [1.54, 1.807) is 30.1 Å². The normalized spacial score (nSPS) is 13.9. The molecule has 1 aliphatic heterocycles. The van der Waals surface area contributed by atoms with Crippen LogP contribution in [0.5, 0.6) is 0 Å². The quantitative estimate of drug-likeness (QED) is 0.737. The van der Waals surface area contributed by atoms with Crippen molar-refractivity contribution in [2.24, 2.45) is 0 Å². The summed E-state index contributed by atoms with van der Waals surface area (Å²) in [7, 11) is 1.76. The van der Waals surface area contributed by atoms with Crippen LogP contribution in [0.3, 0.4) is 0 Å². The lowest BCUT2D eigenvalue weighted by Gasteiger charge is -2.29. The maximum atomic E-state index is 12.4. The Balaban J connectivity index is 1.49. The van der Waals surface area contributed by atoms with Gasteiger partial charge in [-0.05, 0) is 55.2 Å². The molecule has 2 aromatic rings. The fourth-order valence-corrected chi connectivity index (χ4v) is 3.75. The molecule has 1 fully saturated rings. The second kappa shape index (κ2) is 9.73. The number of halogens is 1. The molecule has 2 amide bonds. The molecule has 0 radical (unpaired) electrons. The van der Waals surface area contributed by atoms with E-state index in [9.17, 15) is 9.59 Å². The lowest BCUT2D eigenvalue weighted by atomic mass is 10.1. The second-order valence-electron chi connectivity index (χ2n) is 7.16. The fraction of sp³-hybridized carbons (Fsp3) is 0.364. The third kappa shape index (κ3) is 5.58. The van der Waals surface area contributed by atoms with Gasteiger partial charge in [0.05, 0.1) is 6.54 Å². The van der Waals surface area contributed by atoms with E-state index in [1.165, 1.54) is 24.9 Å². The first-order valence-corrected chi connectivity index (χ1v) is 10.4. The van der Waals surface area contributed by atoms with Gasteiger partial charge in [0.15, 0.2) is 0 Å². The maximum absolute atomic E-state index is 12.4. The molecule has 1 saturated heterocycles. The van der Waals surface area contributed by atoms with Crippen LogP contribution in [0.4, 0.5) is 5.69 Å². The highest BCUT2D eigenvalue weighted by Gasteiger charge is 2.14. The summed E-state index contributed by atoms with van der Waals surface area (Å²) < 4.78 is 0.830. The number of likely N-dealkylation sites (N-methyl/N-ethyl adjacent to an activating group) is 1. The summed E-state index contributed by atoms with van der Waals surface area (Å²) in [5, 5.41) is 2.69. The molecule has 5 nitrogen and oxygen atoms in total. The van der Waals surface area contributed by atoms with Crippen molar-refractivity contribution in [1.29, 1.82) is 0 Å². The Labute approximate surface area is 174 Å². The third-order valence-electron chi connectivity index (χ3n) is 4.99. The summed E-state index contributed by atoms with van der Waals surface area (Å²) >= 11 is 3.34. The van der Waals surface area contributed by atoms with E-state index in [2.05, 4.69) is 50.4 Å². The standard InChI is InChI=1S/C22H26BrN3O2/c1-25(21(27)15-24-22(28)18-6-5-7-19(23)14-18)16-17-8-10-20(11-9-17)26-12-3-2-4-13-26/h5-11,14H,2-4,12-13,15-16H2,1H3,(H,24,28). The Morgan fingerprint density at radius 1 is 1.07 bits per heavy atom. The van der Waals surface area contributed by atoms with Gasteiger partial charge in [0.2, 0.25) is 5.91 Å². The van der Waals surface area contributed by atoms with Crippen molar-refractivity contribution in [1.82, 2.24) is 10.2 Å². The van der Waals surface area contributed by atoms with Crippen molar-refractivity contribution in [3.63, 3.8) is 0 Å². The maximum Gasteiger partial charge on any atom is 0.251 e. The van der Waals surface area contributed by atoms with Crippen molar-refractivity contribution in [2.45, 2.75) is 25.8 Å². The molecule has 0 aliphatic carbocycles. The molecule has 0 aromatic heterocycles. The molecule has 28 heavy (non-hydrogen) atoms. The highest BCUT2D eigenvalue weighted by atomic mass is 79.9. The number of nitrogens with zero attached hydrogens (tertiary/aromatic N) is 2. The molecule has 6 heteroatoms. The lowest BCUT2D eigenvalue weighted by molar-refractivity contribution is -0.129. The first-order chi connectivity index (χ1) is 13.5. The van der Waals surface area contributed by atoms with Gasteiger partial charge in [-0.2, -0.15) is 0 Å². The lowest BCUT2D eigenvalue weighted by Crippen LogP contribution is -2.37. The molecule has 1 heterocycles. The van der Waals surface area contributed by atoms with Gasteiger partial charge >= 0.3 is 0 Å². The first-order valence-electron chi connectivity index (χ1n) is 9.64. The summed E-state index contributed by atoms with van der Waals surface area (Å²) in [5.41, 5.74) is 2.85. The SMILES string of the molecule is CN(Cc1ccc(N2CCCCC2)cc1)C(=O)CNC(=O)c1cccc(Br)c1. The van der Waals surface area contributed by atoms with Crippen LogP contribution in [0.15, 0.2) is 53.0 Å². The number of amides is 2. The number of rotatable bonds is 6. The van der Waals surface area contributed by atoms with Crippen LogP contribution in [-0.2, 0) is 11.3 Å². The highest BCUT2D eigenvalue weighted by Crippen LogP contribution is 2.20. The minimum absolute atomic E-state index is 0.0201. The molecule has 148 valence electrons. The molecule has 0 saturated carbocycles. The van der Waals surface area contributed by atoms with Gasteiger partial charge in [-0.3, -0.25) is 9.59 Å². The smallest absolute Gasteiger partial charge is 0.251 e. The molecule has 2 aromatic carbocycles. The van der Waals surface area contributed by atoms with Crippen molar-refractivity contribution < 1.29 is 9.59 Å². The van der Waals surface area contributed by atoms with Gasteiger partial charge in [-0.15, -0.1) is 0 Å². The number of carbonyl (C=O) groups is 2. The zero-order valence-electron chi connectivity index (χ0n) is 16.2. The predicted octanol–water partition coefficient (Wildman–Crippen LogP) is 3.83. The molecular formula is C22H26BrN3O2. The molecular weight excluding hydrogens is 418 g/mol. The van der Waals surface area contributed by atoms with E-state index in [0.29, 0.717) is 12.1 Å². The third-order valence-corrected chi connectivity index (χ3v) is 5.48.